The van der Waals surface area contributed by atoms with E-state index in [1.807, 2.05) is 13.8 Å². The number of aromatic nitrogens is 4. The van der Waals surface area contributed by atoms with Gasteiger partial charge in [0.1, 0.15) is 5.69 Å². The van der Waals surface area contributed by atoms with E-state index < -0.39 is 21.0 Å². The number of hydrogen-bond donors (Lipinski definition) is 1. The molecule has 0 aliphatic carbocycles. The van der Waals surface area contributed by atoms with Crippen molar-refractivity contribution in [3.05, 3.63) is 42.1 Å². The summed E-state index contributed by atoms with van der Waals surface area (Å²) < 4.78 is 31.5. The Kier molecular flexibility index (Phi) is 5.32. The zero-order valence-corrected chi connectivity index (χ0v) is 16.8. The van der Waals surface area contributed by atoms with Crippen molar-refractivity contribution in [2.24, 2.45) is 0 Å². The first kappa shape index (κ1) is 19.7. The van der Waals surface area contributed by atoms with Gasteiger partial charge in [0.2, 0.25) is 0 Å². The van der Waals surface area contributed by atoms with Gasteiger partial charge < -0.3 is 4.42 Å². The molecule has 1 amide bonds. The Bertz CT molecular complexity index is 1080. The first-order chi connectivity index (χ1) is 13.2. The highest BCUT2D eigenvalue weighted by atomic mass is 32.2. The molecule has 0 fully saturated rings. The van der Waals surface area contributed by atoms with Crippen molar-refractivity contribution in [1.82, 2.24) is 20.0 Å². The average molecular weight is 403 g/mol. The molecule has 10 heteroatoms. The van der Waals surface area contributed by atoms with Crippen LogP contribution in [0, 0.1) is 0 Å². The fraction of sp³-hybridized carbons (Fsp3) is 0.333. The van der Waals surface area contributed by atoms with Gasteiger partial charge in [-0.1, -0.05) is 5.10 Å². The Morgan fingerprint density at radius 3 is 2.32 bits per heavy atom. The Hall–Kier alpha value is -3.01. The molecule has 3 rings (SSSR count). The molecule has 0 aliphatic rings. The third-order valence-electron chi connectivity index (χ3n) is 4.07. The van der Waals surface area contributed by atoms with Crippen LogP contribution in [-0.2, 0) is 9.84 Å². The number of rotatable bonds is 6. The van der Waals surface area contributed by atoms with Gasteiger partial charge in [-0.2, -0.15) is 5.10 Å². The Balaban J connectivity index is 1.72. The average Bonchev–Trinajstić information content (AvgIpc) is 3.31. The summed E-state index contributed by atoms with van der Waals surface area (Å²) in [7, 11) is -3.39. The van der Waals surface area contributed by atoms with Crippen LogP contribution in [0.4, 0.5) is 6.01 Å². The molecule has 0 spiro atoms. The van der Waals surface area contributed by atoms with Crippen molar-refractivity contribution in [2.45, 2.75) is 43.9 Å². The molecular formula is C18H21N5O4S. The van der Waals surface area contributed by atoms with Crippen LogP contribution in [0.5, 0.6) is 0 Å². The van der Waals surface area contributed by atoms with E-state index in [1.54, 1.807) is 30.8 Å². The van der Waals surface area contributed by atoms with Crippen LogP contribution in [0.25, 0.3) is 11.6 Å². The SMILES string of the molecule is CC(C)n1ccc(-c2nnc(NC(=O)c3ccc(S(=O)(=O)C(C)C)cc3)o2)n1. The minimum Gasteiger partial charge on any atom is -0.401 e. The molecule has 0 atom stereocenters. The number of anilines is 1. The Labute approximate surface area is 162 Å². The quantitative estimate of drug-likeness (QED) is 0.672. The third kappa shape index (κ3) is 3.96. The third-order valence-corrected chi connectivity index (χ3v) is 6.24. The minimum atomic E-state index is -3.39. The second-order valence-corrected chi connectivity index (χ2v) is 9.26. The molecule has 9 nitrogen and oxygen atoms in total. The van der Waals surface area contributed by atoms with Gasteiger partial charge >= 0.3 is 6.01 Å². The van der Waals surface area contributed by atoms with Gasteiger partial charge in [0.05, 0.1) is 10.1 Å². The molecule has 28 heavy (non-hydrogen) atoms. The van der Waals surface area contributed by atoms with Crippen molar-refractivity contribution >= 4 is 21.8 Å². The predicted octanol–water partition coefficient (Wildman–Crippen LogP) is 2.95. The van der Waals surface area contributed by atoms with Gasteiger partial charge in [-0.3, -0.25) is 14.8 Å². The lowest BCUT2D eigenvalue weighted by Crippen LogP contribution is -2.15. The second-order valence-electron chi connectivity index (χ2n) is 6.76. The zero-order valence-electron chi connectivity index (χ0n) is 15.9. The molecule has 0 saturated carbocycles. The Morgan fingerprint density at radius 1 is 1.07 bits per heavy atom. The number of amides is 1. The van der Waals surface area contributed by atoms with Gasteiger partial charge in [0, 0.05) is 17.8 Å². The lowest BCUT2D eigenvalue weighted by atomic mass is 10.2. The lowest BCUT2D eigenvalue weighted by molar-refractivity contribution is 0.102. The summed E-state index contributed by atoms with van der Waals surface area (Å²) in [6.45, 7) is 7.20. The maximum absolute atomic E-state index is 12.3. The largest absolute Gasteiger partial charge is 0.401 e. The molecule has 1 N–H and O–H groups in total. The van der Waals surface area contributed by atoms with Crippen LogP contribution in [-0.4, -0.2) is 39.6 Å². The summed E-state index contributed by atoms with van der Waals surface area (Å²) in [4.78, 5) is 12.5. The van der Waals surface area contributed by atoms with Crippen LogP contribution in [0.15, 0.2) is 45.8 Å². The van der Waals surface area contributed by atoms with E-state index in [2.05, 4.69) is 20.6 Å². The lowest BCUT2D eigenvalue weighted by Gasteiger charge is -2.08. The zero-order chi connectivity index (χ0) is 20.5. The van der Waals surface area contributed by atoms with Gasteiger partial charge in [-0.05, 0) is 58.0 Å². The van der Waals surface area contributed by atoms with E-state index >= 15 is 0 Å². The maximum atomic E-state index is 12.3. The number of benzene rings is 1. The molecule has 0 radical (unpaired) electrons. The van der Waals surface area contributed by atoms with Crippen LogP contribution in [0.2, 0.25) is 0 Å². The number of carbonyl (C=O) groups excluding carboxylic acids is 1. The van der Waals surface area contributed by atoms with Crippen molar-refractivity contribution in [3.63, 3.8) is 0 Å². The molecule has 2 aromatic heterocycles. The van der Waals surface area contributed by atoms with E-state index in [0.29, 0.717) is 5.69 Å². The first-order valence-electron chi connectivity index (χ1n) is 8.73. The van der Waals surface area contributed by atoms with Gasteiger partial charge in [-0.15, -0.1) is 5.10 Å². The van der Waals surface area contributed by atoms with Crippen LogP contribution in [0.3, 0.4) is 0 Å². The fourth-order valence-electron chi connectivity index (χ4n) is 2.35. The van der Waals surface area contributed by atoms with E-state index in [1.165, 1.54) is 24.3 Å². The summed E-state index contributed by atoms with van der Waals surface area (Å²) in [5.41, 5.74) is 0.775. The van der Waals surface area contributed by atoms with Crippen LogP contribution >= 0.6 is 0 Å². The van der Waals surface area contributed by atoms with Crippen LogP contribution < -0.4 is 5.32 Å². The highest BCUT2D eigenvalue weighted by molar-refractivity contribution is 7.92. The smallest absolute Gasteiger partial charge is 0.322 e. The topological polar surface area (TPSA) is 120 Å². The summed E-state index contributed by atoms with van der Waals surface area (Å²) in [5.74, 6) is -0.301. The molecule has 0 unspecified atom stereocenters. The summed E-state index contributed by atoms with van der Waals surface area (Å²) in [6, 6.07) is 7.55. The molecule has 2 heterocycles. The highest BCUT2D eigenvalue weighted by Crippen LogP contribution is 2.20. The van der Waals surface area contributed by atoms with E-state index in [-0.39, 0.29) is 28.4 Å². The molecule has 3 aromatic rings. The van der Waals surface area contributed by atoms with Gasteiger partial charge in [-0.25, -0.2) is 8.42 Å². The maximum Gasteiger partial charge on any atom is 0.322 e. The van der Waals surface area contributed by atoms with E-state index in [9.17, 15) is 13.2 Å². The number of sulfone groups is 1. The Morgan fingerprint density at radius 2 is 1.75 bits per heavy atom. The molecule has 0 aliphatic heterocycles. The molecule has 0 bridgehead atoms. The molecular weight excluding hydrogens is 382 g/mol. The normalized spacial score (nSPS) is 11.9. The monoisotopic (exact) mass is 403 g/mol. The van der Waals surface area contributed by atoms with E-state index in [4.69, 9.17) is 4.42 Å². The minimum absolute atomic E-state index is 0.0713. The number of nitrogens with one attached hydrogen (secondary N) is 1. The number of carbonyl (C=O) groups is 1. The summed E-state index contributed by atoms with van der Waals surface area (Å²) in [5, 5.41) is 14.0. The predicted molar refractivity (Wildman–Crippen MR) is 103 cm³/mol. The number of hydrogen-bond acceptors (Lipinski definition) is 7. The standard InChI is InChI=1S/C18H21N5O4S/c1-11(2)23-10-9-15(22-23)17-20-21-18(27-17)19-16(24)13-5-7-14(8-6-13)28(25,26)12(3)4/h5-12H,1-4H3,(H,19,21,24). The van der Waals surface area contributed by atoms with Crippen molar-refractivity contribution in [1.29, 1.82) is 0 Å². The highest BCUT2D eigenvalue weighted by Gasteiger charge is 2.20. The van der Waals surface area contributed by atoms with E-state index in [0.717, 1.165) is 0 Å². The fourth-order valence-corrected chi connectivity index (χ4v) is 3.41. The van der Waals surface area contributed by atoms with Crippen LogP contribution in [0.1, 0.15) is 44.1 Å². The molecule has 1 aromatic carbocycles. The van der Waals surface area contributed by atoms with Crippen molar-refractivity contribution in [3.8, 4) is 11.6 Å². The van der Waals surface area contributed by atoms with Crippen molar-refractivity contribution < 1.29 is 17.6 Å². The number of nitrogens with zero attached hydrogens (tertiary/aromatic N) is 4. The van der Waals surface area contributed by atoms with Gasteiger partial charge in [0.25, 0.3) is 11.8 Å². The first-order valence-corrected chi connectivity index (χ1v) is 10.3. The molecule has 0 saturated heterocycles. The molecule has 148 valence electrons. The van der Waals surface area contributed by atoms with Gasteiger partial charge in [0.15, 0.2) is 9.84 Å². The van der Waals surface area contributed by atoms with Crippen molar-refractivity contribution in [2.75, 3.05) is 5.32 Å². The second kappa shape index (κ2) is 7.55. The summed E-state index contributed by atoms with van der Waals surface area (Å²) >= 11 is 0. The summed E-state index contributed by atoms with van der Waals surface area (Å²) in [6.07, 6.45) is 1.80.